The number of nitrogens with one attached hydrogen (secondary N) is 1. The SMILES string of the molecule is COc1cccc2c1N(CCCNS(C)(=O)=O)CCC2. The zero-order valence-electron chi connectivity index (χ0n) is 12.1. The second kappa shape index (κ2) is 6.45. The van der Waals surface area contributed by atoms with Gasteiger partial charge in [-0.3, -0.25) is 0 Å². The normalized spacial score (nSPS) is 15.0. The lowest BCUT2D eigenvalue weighted by atomic mass is 10.0. The number of rotatable bonds is 6. The molecule has 1 aliphatic heterocycles. The molecule has 0 aromatic heterocycles. The number of fused-ring (bicyclic) bond motifs is 1. The van der Waals surface area contributed by atoms with Gasteiger partial charge in [0.2, 0.25) is 10.0 Å². The summed E-state index contributed by atoms with van der Waals surface area (Å²) in [6.45, 7) is 2.29. The number of methoxy groups -OCH3 is 1. The summed E-state index contributed by atoms with van der Waals surface area (Å²) < 4.78 is 30.1. The maximum Gasteiger partial charge on any atom is 0.208 e. The van der Waals surface area contributed by atoms with Gasteiger partial charge in [-0.05, 0) is 30.9 Å². The van der Waals surface area contributed by atoms with Gasteiger partial charge < -0.3 is 9.64 Å². The van der Waals surface area contributed by atoms with Gasteiger partial charge in [0.1, 0.15) is 5.75 Å². The van der Waals surface area contributed by atoms with Gasteiger partial charge in [-0.2, -0.15) is 0 Å². The van der Waals surface area contributed by atoms with Crippen molar-refractivity contribution in [2.24, 2.45) is 0 Å². The molecule has 0 saturated heterocycles. The van der Waals surface area contributed by atoms with Crippen molar-refractivity contribution in [3.8, 4) is 5.75 Å². The fraction of sp³-hybridized carbons (Fsp3) is 0.571. The Morgan fingerprint density at radius 1 is 1.40 bits per heavy atom. The summed E-state index contributed by atoms with van der Waals surface area (Å²) in [6.07, 6.45) is 4.17. The summed E-state index contributed by atoms with van der Waals surface area (Å²) in [4.78, 5) is 2.29. The summed E-state index contributed by atoms with van der Waals surface area (Å²) in [6, 6.07) is 6.14. The van der Waals surface area contributed by atoms with Crippen molar-refractivity contribution < 1.29 is 13.2 Å². The fourth-order valence-electron chi connectivity index (χ4n) is 2.62. The van der Waals surface area contributed by atoms with Crippen LogP contribution in [0, 0.1) is 0 Å². The smallest absolute Gasteiger partial charge is 0.208 e. The van der Waals surface area contributed by atoms with Crippen molar-refractivity contribution in [3.05, 3.63) is 23.8 Å². The summed E-state index contributed by atoms with van der Waals surface area (Å²) >= 11 is 0. The van der Waals surface area contributed by atoms with E-state index in [1.165, 1.54) is 17.5 Å². The van der Waals surface area contributed by atoms with Gasteiger partial charge in [-0.25, -0.2) is 13.1 Å². The molecule has 0 saturated carbocycles. The van der Waals surface area contributed by atoms with Crippen LogP contribution in [0.3, 0.4) is 0 Å². The molecule has 6 heteroatoms. The maximum absolute atomic E-state index is 11.0. The van der Waals surface area contributed by atoms with Crippen molar-refractivity contribution in [1.29, 1.82) is 0 Å². The highest BCUT2D eigenvalue weighted by molar-refractivity contribution is 7.88. The molecule has 0 spiro atoms. The monoisotopic (exact) mass is 298 g/mol. The molecule has 1 aliphatic rings. The first-order chi connectivity index (χ1) is 9.51. The minimum Gasteiger partial charge on any atom is -0.495 e. The molecule has 0 fully saturated rings. The number of hydrogen-bond donors (Lipinski definition) is 1. The van der Waals surface area contributed by atoms with Crippen LogP contribution >= 0.6 is 0 Å². The van der Waals surface area contributed by atoms with Crippen LogP contribution < -0.4 is 14.4 Å². The first-order valence-corrected chi connectivity index (χ1v) is 8.76. The molecule has 0 amide bonds. The molecule has 5 nitrogen and oxygen atoms in total. The number of sulfonamides is 1. The number of hydrogen-bond acceptors (Lipinski definition) is 4. The van der Waals surface area contributed by atoms with Crippen LogP contribution in [0.2, 0.25) is 0 Å². The molecule has 0 bridgehead atoms. The second-order valence-corrected chi connectivity index (χ2v) is 6.91. The Labute approximate surface area is 121 Å². The average molecular weight is 298 g/mol. The van der Waals surface area contributed by atoms with Crippen molar-refractivity contribution in [1.82, 2.24) is 4.72 Å². The van der Waals surface area contributed by atoms with E-state index in [9.17, 15) is 8.42 Å². The average Bonchev–Trinajstić information content (AvgIpc) is 2.42. The lowest BCUT2D eigenvalue weighted by Crippen LogP contribution is -2.33. The first kappa shape index (κ1) is 15.1. The van der Waals surface area contributed by atoms with E-state index in [1.54, 1.807) is 7.11 Å². The van der Waals surface area contributed by atoms with E-state index in [2.05, 4.69) is 15.7 Å². The highest BCUT2D eigenvalue weighted by Crippen LogP contribution is 2.35. The Balaban J connectivity index is 2.01. The molecular weight excluding hydrogens is 276 g/mol. The van der Waals surface area contributed by atoms with Gasteiger partial charge in [0.25, 0.3) is 0 Å². The number of anilines is 1. The van der Waals surface area contributed by atoms with Crippen LogP contribution in [0.4, 0.5) is 5.69 Å². The zero-order chi connectivity index (χ0) is 14.6. The van der Waals surface area contributed by atoms with Crippen LogP contribution in [0.5, 0.6) is 5.75 Å². The minimum absolute atomic E-state index is 0.472. The minimum atomic E-state index is -3.09. The van der Waals surface area contributed by atoms with Gasteiger partial charge in [-0.1, -0.05) is 12.1 Å². The molecule has 1 N–H and O–H groups in total. The fourth-order valence-corrected chi connectivity index (χ4v) is 3.13. The highest BCUT2D eigenvalue weighted by Gasteiger charge is 2.20. The van der Waals surface area contributed by atoms with Crippen LogP contribution in [-0.2, 0) is 16.4 Å². The van der Waals surface area contributed by atoms with E-state index >= 15 is 0 Å². The summed E-state index contributed by atoms with van der Waals surface area (Å²) in [5.74, 6) is 0.901. The van der Waals surface area contributed by atoms with Crippen LogP contribution in [0.15, 0.2) is 18.2 Å². The molecule has 0 radical (unpaired) electrons. The Kier molecular flexibility index (Phi) is 4.88. The number of benzene rings is 1. The zero-order valence-corrected chi connectivity index (χ0v) is 12.9. The summed E-state index contributed by atoms with van der Waals surface area (Å²) in [7, 11) is -1.41. The third-order valence-corrected chi connectivity index (χ3v) is 4.19. The Bertz CT molecular complexity index is 543. The number of nitrogens with zero attached hydrogens (tertiary/aromatic N) is 1. The van der Waals surface area contributed by atoms with Gasteiger partial charge >= 0.3 is 0 Å². The Morgan fingerprint density at radius 2 is 2.20 bits per heavy atom. The van der Waals surface area contributed by atoms with Crippen LogP contribution in [0.1, 0.15) is 18.4 Å². The molecule has 1 heterocycles. The predicted octanol–water partition coefficient (Wildman–Crippen LogP) is 1.39. The number of aryl methyl sites for hydroxylation is 1. The van der Waals surface area contributed by atoms with E-state index in [1.807, 2.05) is 12.1 Å². The molecule has 112 valence electrons. The van der Waals surface area contributed by atoms with E-state index < -0.39 is 10.0 Å². The lowest BCUT2D eigenvalue weighted by Gasteiger charge is -2.32. The number of ether oxygens (including phenoxy) is 1. The van der Waals surface area contributed by atoms with Crippen molar-refractivity contribution in [2.75, 3.05) is 37.9 Å². The van der Waals surface area contributed by atoms with E-state index in [-0.39, 0.29) is 0 Å². The quantitative estimate of drug-likeness (QED) is 0.806. The van der Waals surface area contributed by atoms with E-state index in [0.717, 1.165) is 38.1 Å². The Hall–Kier alpha value is -1.27. The molecule has 20 heavy (non-hydrogen) atoms. The third-order valence-electron chi connectivity index (χ3n) is 3.46. The highest BCUT2D eigenvalue weighted by atomic mass is 32.2. The third kappa shape index (κ3) is 3.86. The topological polar surface area (TPSA) is 58.6 Å². The van der Waals surface area contributed by atoms with Crippen LogP contribution in [0.25, 0.3) is 0 Å². The standard InChI is InChI=1S/C14H22N2O3S/c1-19-13-8-3-6-12-7-4-10-16(14(12)13)11-5-9-15-20(2,17)18/h3,6,8,15H,4-5,7,9-11H2,1-2H3. The molecule has 1 aromatic rings. The molecular formula is C14H22N2O3S. The largest absolute Gasteiger partial charge is 0.495 e. The van der Waals surface area contributed by atoms with Gasteiger partial charge in [-0.15, -0.1) is 0 Å². The molecule has 2 rings (SSSR count). The Morgan fingerprint density at radius 3 is 2.90 bits per heavy atom. The predicted molar refractivity (Wildman–Crippen MR) is 81.0 cm³/mol. The van der Waals surface area contributed by atoms with E-state index in [0.29, 0.717) is 6.54 Å². The van der Waals surface area contributed by atoms with Gasteiger partial charge in [0.15, 0.2) is 0 Å². The molecule has 1 aromatic carbocycles. The number of para-hydroxylation sites is 1. The van der Waals surface area contributed by atoms with Crippen molar-refractivity contribution in [3.63, 3.8) is 0 Å². The van der Waals surface area contributed by atoms with E-state index in [4.69, 9.17) is 4.74 Å². The molecule has 0 atom stereocenters. The first-order valence-electron chi connectivity index (χ1n) is 6.87. The lowest BCUT2D eigenvalue weighted by molar-refractivity contribution is 0.412. The van der Waals surface area contributed by atoms with Gasteiger partial charge in [0.05, 0.1) is 19.1 Å². The van der Waals surface area contributed by atoms with Gasteiger partial charge in [0, 0.05) is 19.6 Å². The second-order valence-electron chi connectivity index (χ2n) is 5.08. The van der Waals surface area contributed by atoms with Crippen molar-refractivity contribution in [2.45, 2.75) is 19.3 Å². The van der Waals surface area contributed by atoms with Crippen LogP contribution in [-0.4, -0.2) is 41.4 Å². The molecule has 0 unspecified atom stereocenters. The van der Waals surface area contributed by atoms with Crippen molar-refractivity contribution >= 4 is 15.7 Å². The summed E-state index contributed by atoms with van der Waals surface area (Å²) in [5, 5.41) is 0. The maximum atomic E-state index is 11.0. The molecule has 0 aliphatic carbocycles. The summed E-state index contributed by atoms with van der Waals surface area (Å²) in [5.41, 5.74) is 2.48.